The van der Waals surface area contributed by atoms with Crippen LogP contribution in [-0.2, 0) is 0 Å². The molecule has 2 atom stereocenters. The van der Waals surface area contributed by atoms with E-state index in [2.05, 4.69) is 15.0 Å². The molecule has 0 saturated carbocycles. The average molecular weight is 275 g/mol. The molecular weight excluding hydrogens is 260 g/mol. The topological polar surface area (TPSA) is 91.6 Å². The van der Waals surface area contributed by atoms with Crippen LogP contribution in [0.5, 0.6) is 6.01 Å². The lowest BCUT2D eigenvalue weighted by atomic mass is 10.3. The van der Waals surface area contributed by atoms with Crippen LogP contribution in [0.1, 0.15) is 13.3 Å². The van der Waals surface area contributed by atoms with Gasteiger partial charge in [0.25, 0.3) is 0 Å². The lowest BCUT2D eigenvalue weighted by Crippen LogP contribution is -2.24. The van der Waals surface area contributed by atoms with Gasteiger partial charge in [0.1, 0.15) is 0 Å². The van der Waals surface area contributed by atoms with Crippen LogP contribution >= 0.6 is 11.6 Å². The second-order valence-corrected chi connectivity index (χ2v) is 4.41. The van der Waals surface area contributed by atoms with Gasteiger partial charge in [0.15, 0.2) is 0 Å². The summed E-state index contributed by atoms with van der Waals surface area (Å²) in [5.74, 6) is 0.303. The number of hydrogen-bond acceptors (Lipinski definition) is 7. The molecule has 2 unspecified atom stereocenters. The first-order valence-corrected chi connectivity index (χ1v) is 6.13. The fourth-order valence-electron chi connectivity index (χ4n) is 1.65. The van der Waals surface area contributed by atoms with Crippen LogP contribution in [0.2, 0.25) is 5.28 Å². The SMILES string of the molecule is CCCOc1nc(Cl)nc(N2CC(O)C(O)C2)n1. The summed E-state index contributed by atoms with van der Waals surface area (Å²) in [6, 6.07) is 0.155. The molecule has 2 heterocycles. The Labute approximate surface area is 109 Å². The van der Waals surface area contributed by atoms with Gasteiger partial charge in [-0.05, 0) is 18.0 Å². The summed E-state index contributed by atoms with van der Waals surface area (Å²) in [6.45, 7) is 2.98. The smallest absolute Gasteiger partial charge is 0.322 e. The highest BCUT2D eigenvalue weighted by Gasteiger charge is 2.31. The molecule has 1 aliphatic rings. The van der Waals surface area contributed by atoms with Gasteiger partial charge in [0, 0.05) is 13.1 Å². The highest BCUT2D eigenvalue weighted by atomic mass is 35.5. The zero-order chi connectivity index (χ0) is 13.1. The molecule has 100 valence electrons. The average Bonchev–Trinajstić information content (AvgIpc) is 2.66. The molecule has 2 N–H and O–H groups in total. The molecule has 1 aliphatic heterocycles. The summed E-state index contributed by atoms with van der Waals surface area (Å²) in [7, 11) is 0. The molecule has 0 bridgehead atoms. The highest BCUT2D eigenvalue weighted by Crippen LogP contribution is 2.20. The van der Waals surface area contributed by atoms with Gasteiger partial charge in [-0.15, -0.1) is 0 Å². The molecule has 0 radical (unpaired) electrons. The van der Waals surface area contributed by atoms with E-state index in [0.717, 1.165) is 6.42 Å². The first-order valence-electron chi connectivity index (χ1n) is 5.75. The minimum atomic E-state index is -0.805. The molecule has 0 amide bonds. The van der Waals surface area contributed by atoms with Crippen molar-refractivity contribution in [2.75, 3.05) is 24.6 Å². The van der Waals surface area contributed by atoms with Crippen molar-refractivity contribution >= 4 is 17.5 Å². The van der Waals surface area contributed by atoms with Crippen LogP contribution in [0.15, 0.2) is 0 Å². The molecule has 8 heteroatoms. The molecule has 1 fully saturated rings. The maximum Gasteiger partial charge on any atom is 0.322 e. The number of β-amino-alcohol motifs (C(OH)–C–C–N with tert-alkyl or cyclic N) is 2. The van der Waals surface area contributed by atoms with E-state index in [4.69, 9.17) is 16.3 Å². The van der Waals surface area contributed by atoms with E-state index in [1.807, 2.05) is 6.92 Å². The first kappa shape index (κ1) is 13.3. The second-order valence-electron chi connectivity index (χ2n) is 4.08. The van der Waals surface area contributed by atoms with Crippen LogP contribution in [0.25, 0.3) is 0 Å². The number of aliphatic hydroxyl groups excluding tert-OH is 2. The van der Waals surface area contributed by atoms with Crippen molar-refractivity contribution in [2.24, 2.45) is 0 Å². The van der Waals surface area contributed by atoms with Gasteiger partial charge in [0.05, 0.1) is 18.8 Å². The van der Waals surface area contributed by atoms with Crippen molar-refractivity contribution in [3.05, 3.63) is 5.28 Å². The predicted molar refractivity (Wildman–Crippen MR) is 64.8 cm³/mol. The summed E-state index contributed by atoms with van der Waals surface area (Å²) < 4.78 is 5.29. The van der Waals surface area contributed by atoms with Crippen LogP contribution in [0.3, 0.4) is 0 Å². The number of halogens is 1. The maximum absolute atomic E-state index is 9.48. The number of nitrogens with zero attached hydrogens (tertiary/aromatic N) is 4. The molecule has 0 spiro atoms. The van der Waals surface area contributed by atoms with Crippen molar-refractivity contribution in [1.82, 2.24) is 15.0 Å². The van der Waals surface area contributed by atoms with E-state index in [9.17, 15) is 10.2 Å². The van der Waals surface area contributed by atoms with Gasteiger partial charge in [-0.25, -0.2) is 0 Å². The Morgan fingerprint density at radius 2 is 1.94 bits per heavy atom. The van der Waals surface area contributed by atoms with Gasteiger partial charge in [-0.1, -0.05) is 6.92 Å². The third kappa shape index (κ3) is 2.98. The molecule has 0 aliphatic carbocycles. The summed E-state index contributed by atoms with van der Waals surface area (Å²) in [6.07, 6.45) is -0.777. The summed E-state index contributed by atoms with van der Waals surface area (Å²) in [5.41, 5.74) is 0. The summed E-state index contributed by atoms with van der Waals surface area (Å²) >= 11 is 5.79. The van der Waals surface area contributed by atoms with Crippen LogP contribution in [0.4, 0.5) is 5.95 Å². The molecule has 0 aromatic carbocycles. The van der Waals surface area contributed by atoms with Gasteiger partial charge >= 0.3 is 6.01 Å². The Balaban J connectivity index is 2.15. The van der Waals surface area contributed by atoms with Crippen LogP contribution < -0.4 is 9.64 Å². The molecule has 1 aromatic heterocycles. The number of hydrogen-bond donors (Lipinski definition) is 2. The third-order valence-corrected chi connectivity index (χ3v) is 2.72. The maximum atomic E-state index is 9.48. The Bertz CT molecular complexity index is 410. The molecule has 1 saturated heterocycles. The number of aliphatic hydroxyl groups is 2. The molecular formula is C10H15ClN4O3. The zero-order valence-corrected chi connectivity index (χ0v) is 10.7. The fraction of sp³-hybridized carbons (Fsp3) is 0.700. The Morgan fingerprint density at radius 3 is 2.56 bits per heavy atom. The third-order valence-electron chi connectivity index (χ3n) is 2.55. The first-order chi connectivity index (χ1) is 8.60. The van der Waals surface area contributed by atoms with Crippen LogP contribution in [-0.4, -0.2) is 57.1 Å². The minimum Gasteiger partial charge on any atom is -0.463 e. The number of ether oxygens (including phenoxy) is 1. The van der Waals surface area contributed by atoms with E-state index < -0.39 is 12.2 Å². The number of rotatable bonds is 4. The van der Waals surface area contributed by atoms with E-state index in [1.165, 1.54) is 0 Å². The monoisotopic (exact) mass is 274 g/mol. The van der Waals surface area contributed by atoms with E-state index in [0.29, 0.717) is 12.6 Å². The van der Waals surface area contributed by atoms with Crippen molar-refractivity contribution in [2.45, 2.75) is 25.6 Å². The van der Waals surface area contributed by atoms with Crippen molar-refractivity contribution in [3.63, 3.8) is 0 Å². The highest BCUT2D eigenvalue weighted by molar-refractivity contribution is 6.28. The molecule has 18 heavy (non-hydrogen) atoms. The van der Waals surface area contributed by atoms with E-state index in [-0.39, 0.29) is 24.4 Å². The quantitative estimate of drug-likeness (QED) is 0.789. The van der Waals surface area contributed by atoms with Gasteiger partial charge < -0.3 is 19.8 Å². The van der Waals surface area contributed by atoms with Crippen LogP contribution in [0, 0.1) is 0 Å². The number of anilines is 1. The Hall–Kier alpha value is -1.18. The fourth-order valence-corrected chi connectivity index (χ4v) is 1.80. The minimum absolute atomic E-state index is 0.0296. The van der Waals surface area contributed by atoms with Crippen molar-refractivity contribution < 1.29 is 14.9 Å². The largest absolute Gasteiger partial charge is 0.463 e. The summed E-state index contributed by atoms with van der Waals surface area (Å²) in [4.78, 5) is 13.5. The predicted octanol–water partition coefficient (Wildman–Crippen LogP) is -0.144. The van der Waals surface area contributed by atoms with E-state index in [1.54, 1.807) is 4.90 Å². The van der Waals surface area contributed by atoms with Gasteiger partial charge in [0.2, 0.25) is 11.2 Å². The zero-order valence-electron chi connectivity index (χ0n) is 9.95. The molecule has 1 aromatic rings. The van der Waals surface area contributed by atoms with E-state index >= 15 is 0 Å². The van der Waals surface area contributed by atoms with Gasteiger partial charge in [-0.2, -0.15) is 15.0 Å². The van der Waals surface area contributed by atoms with Crippen molar-refractivity contribution in [1.29, 1.82) is 0 Å². The second kappa shape index (κ2) is 5.64. The standard InChI is InChI=1S/C10H15ClN4O3/c1-2-3-18-10-13-8(11)12-9(14-10)15-4-6(16)7(17)5-15/h6-7,16-17H,2-5H2,1H3. The normalized spacial score (nSPS) is 23.4. The Kier molecular flexibility index (Phi) is 4.15. The van der Waals surface area contributed by atoms with Crippen molar-refractivity contribution in [3.8, 4) is 6.01 Å². The number of aromatic nitrogens is 3. The Morgan fingerprint density at radius 1 is 1.28 bits per heavy atom. The lowest BCUT2D eigenvalue weighted by molar-refractivity contribution is 0.0572. The lowest BCUT2D eigenvalue weighted by Gasteiger charge is -2.15. The molecule has 2 rings (SSSR count). The molecule has 7 nitrogen and oxygen atoms in total. The summed E-state index contributed by atoms with van der Waals surface area (Å²) in [5, 5.41) is 19.0. The van der Waals surface area contributed by atoms with Gasteiger partial charge in [-0.3, -0.25) is 0 Å².